The van der Waals surface area contributed by atoms with Crippen molar-refractivity contribution in [3.8, 4) is 12.1 Å². The summed E-state index contributed by atoms with van der Waals surface area (Å²) < 4.78 is 12.6. The molecule has 0 heterocycles. The van der Waals surface area contributed by atoms with Crippen molar-refractivity contribution in [2.75, 3.05) is 0 Å². The van der Waals surface area contributed by atoms with Crippen molar-refractivity contribution < 1.29 is 4.39 Å². The molecule has 0 spiro atoms. The average Bonchev–Trinajstić information content (AvgIpc) is 2.72. The Morgan fingerprint density at radius 1 is 1.00 bits per heavy atom. The van der Waals surface area contributed by atoms with Crippen molar-refractivity contribution in [2.45, 2.75) is 64.2 Å². The predicted octanol–water partition coefficient (Wildman–Crippen LogP) is 6.79. The zero-order valence-corrected chi connectivity index (χ0v) is 16.0. The Bertz CT molecular complexity index is 695. The van der Waals surface area contributed by atoms with Crippen LogP contribution < -0.4 is 0 Å². The van der Waals surface area contributed by atoms with Gasteiger partial charge < -0.3 is 0 Å². The number of nitrogens with zero attached hydrogens (tertiary/aromatic N) is 2. The van der Waals surface area contributed by atoms with E-state index in [0.717, 1.165) is 30.2 Å². The highest BCUT2D eigenvalue weighted by Gasteiger charge is 2.20. The van der Waals surface area contributed by atoms with Gasteiger partial charge in [0.25, 0.3) is 0 Å². The van der Waals surface area contributed by atoms with Crippen LogP contribution in [0.5, 0.6) is 0 Å². The summed E-state index contributed by atoms with van der Waals surface area (Å²) in [6, 6.07) is 11.6. The smallest absolute Gasteiger partial charge is 0.195 e. The van der Waals surface area contributed by atoms with Crippen molar-refractivity contribution in [1.29, 1.82) is 10.5 Å². The fourth-order valence-corrected chi connectivity index (χ4v) is 3.93. The number of nitriles is 2. The van der Waals surface area contributed by atoms with E-state index in [1.807, 2.05) is 18.2 Å². The van der Waals surface area contributed by atoms with Crippen molar-refractivity contribution in [3.05, 3.63) is 59.4 Å². The number of hydrogen-bond acceptors (Lipinski definition) is 2. The van der Waals surface area contributed by atoms with Gasteiger partial charge in [-0.15, -0.1) is 0 Å². The lowest BCUT2D eigenvalue weighted by atomic mass is 9.78. The average molecular weight is 365 g/mol. The number of allylic oxidation sites excluding steroid dienone is 4. The van der Waals surface area contributed by atoms with Crippen molar-refractivity contribution in [2.24, 2.45) is 11.8 Å². The predicted molar refractivity (Wildman–Crippen MR) is 107 cm³/mol. The minimum atomic E-state index is -0.731. The second kappa shape index (κ2) is 12.1. The van der Waals surface area contributed by atoms with Crippen molar-refractivity contribution >= 4 is 0 Å². The first-order valence-electron chi connectivity index (χ1n) is 10.1. The van der Waals surface area contributed by atoms with Gasteiger partial charge in [0.1, 0.15) is 6.07 Å². The van der Waals surface area contributed by atoms with Crippen LogP contribution in [0.25, 0.3) is 0 Å². The van der Waals surface area contributed by atoms with Gasteiger partial charge in [0.05, 0.1) is 11.6 Å². The fourth-order valence-electron chi connectivity index (χ4n) is 3.93. The standard InChI is InChI=1S/C24H29FN2/c25-24(19-27)9-3-1-2-6-20-10-12-21(13-11-20)7-4-5-8-22-14-16-23(18-26)17-15-22/h1,3,9,14-17,20-21H,2,4-8,10-13H2/b3-1+,24-9-/t20-,21-. The molecule has 1 fully saturated rings. The molecule has 3 heteroatoms. The molecule has 0 bridgehead atoms. The number of unbranched alkanes of at least 4 members (excludes halogenated alkanes) is 1. The molecule has 0 aromatic heterocycles. The lowest BCUT2D eigenvalue weighted by Gasteiger charge is -2.28. The second-order valence-electron chi connectivity index (χ2n) is 7.57. The molecule has 1 aliphatic rings. The third kappa shape index (κ3) is 8.23. The van der Waals surface area contributed by atoms with E-state index in [1.165, 1.54) is 69.1 Å². The maximum atomic E-state index is 12.6. The lowest BCUT2D eigenvalue weighted by Crippen LogP contribution is -2.14. The summed E-state index contributed by atoms with van der Waals surface area (Å²) in [5, 5.41) is 17.2. The molecular weight excluding hydrogens is 335 g/mol. The van der Waals surface area contributed by atoms with Gasteiger partial charge in [0.2, 0.25) is 0 Å². The first-order chi connectivity index (χ1) is 13.2. The molecule has 0 amide bonds. The SMILES string of the molecule is N#C/C(F)=C/C=C/CC[C@H]1CC[C@H](CCCCc2ccc(C#N)cc2)CC1. The highest BCUT2D eigenvalue weighted by molar-refractivity contribution is 5.31. The topological polar surface area (TPSA) is 47.6 Å². The number of hydrogen-bond donors (Lipinski definition) is 0. The molecule has 0 aliphatic heterocycles. The number of halogens is 1. The molecule has 0 unspecified atom stereocenters. The van der Waals surface area contributed by atoms with Gasteiger partial charge in [-0.05, 0) is 61.3 Å². The van der Waals surface area contributed by atoms with E-state index in [4.69, 9.17) is 10.5 Å². The zero-order chi connectivity index (χ0) is 19.3. The quantitative estimate of drug-likeness (QED) is 0.275. The largest absolute Gasteiger partial charge is 0.199 e. The highest BCUT2D eigenvalue weighted by atomic mass is 19.1. The molecule has 1 aromatic carbocycles. The van der Waals surface area contributed by atoms with Gasteiger partial charge >= 0.3 is 0 Å². The maximum Gasteiger partial charge on any atom is 0.199 e. The summed E-state index contributed by atoms with van der Waals surface area (Å²) in [7, 11) is 0. The third-order valence-electron chi connectivity index (χ3n) is 5.60. The van der Waals surface area contributed by atoms with Crippen LogP contribution in [0.3, 0.4) is 0 Å². The van der Waals surface area contributed by atoms with Crippen LogP contribution >= 0.6 is 0 Å². The lowest BCUT2D eigenvalue weighted by molar-refractivity contribution is 0.250. The van der Waals surface area contributed by atoms with E-state index in [9.17, 15) is 4.39 Å². The number of aryl methyl sites for hydroxylation is 1. The molecule has 0 atom stereocenters. The van der Waals surface area contributed by atoms with Gasteiger partial charge in [-0.3, -0.25) is 0 Å². The molecule has 0 N–H and O–H groups in total. The van der Waals surface area contributed by atoms with Crippen LogP contribution in [0.2, 0.25) is 0 Å². The van der Waals surface area contributed by atoms with Crippen LogP contribution in [0, 0.1) is 34.5 Å². The van der Waals surface area contributed by atoms with E-state index in [1.54, 1.807) is 6.08 Å². The Morgan fingerprint density at radius 3 is 2.30 bits per heavy atom. The Hall–Kier alpha value is -2.39. The molecule has 1 saturated carbocycles. The molecule has 1 aromatic rings. The molecular formula is C24H29FN2. The Labute approximate surface area is 163 Å². The summed E-state index contributed by atoms with van der Waals surface area (Å²) in [5.74, 6) is 0.950. The highest BCUT2D eigenvalue weighted by Crippen LogP contribution is 2.34. The molecule has 27 heavy (non-hydrogen) atoms. The van der Waals surface area contributed by atoms with Crippen LogP contribution in [0.1, 0.15) is 68.9 Å². The normalized spacial score (nSPS) is 20.3. The Morgan fingerprint density at radius 2 is 1.67 bits per heavy atom. The van der Waals surface area contributed by atoms with Crippen LogP contribution in [-0.2, 0) is 6.42 Å². The summed E-state index contributed by atoms with van der Waals surface area (Å²) in [5.41, 5.74) is 2.06. The minimum absolute atomic E-state index is 0.731. The van der Waals surface area contributed by atoms with Gasteiger partial charge in [0, 0.05) is 0 Å². The molecule has 1 aliphatic carbocycles. The van der Waals surface area contributed by atoms with Gasteiger partial charge in [0.15, 0.2) is 5.83 Å². The Balaban J connectivity index is 1.54. The molecule has 0 radical (unpaired) electrons. The minimum Gasteiger partial charge on any atom is -0.195 e. The summed E-state index contributed by atoms with van der Waals surface area (Å²) in [4.78, 5) is 0. The second-order valence-corrected chi connectivity index (χ2v) is 7.57. The van der Waals surface area contributed by atoms with E-state index >= 15 is 0 Å². The van der Waals surface area contributed by atoms with Gasteiger partial charge in [-0.25, -0.2) is 0 Å². The monoisotopic (exact) mass is 364 g/mol. The van der Waals surface area contributed by atoms with Crippen molar-refractivity contribution in [3.63, 3.8) is 0 Å². The van der Waals surface area contributed by atoms with E-state index in [2.05, 4.69) is 18.2 Å². The van der Waals surface area contributed by atoms with E-state index < -0.39 is 5.83 Å². The van der Waals surface area contributed by atoms with Gasteiger partial charge in [-0.1, -0.05) is 62.8 Å². The van der Waals surface area contributed by atoms with Crippen molar-refractivity contribution in [1.82, 2.24) is 0 Å². The molecule has 0 saturated heterocycles. The fraction of sp³-hybridized carbons (Fsp3) is 0.500. The van der Waals surface area contributed by atoms with Gasteiger partial charge in [-0.2, -0.15) is 14.9 Å². The first kappa shape index (κ1) is 20.9. The summed E-state index contributed by atoms with van der Waals surface area (Å²) >= 11 is 0. The maximum absolute atomic E-state index is 12.6. The molecule has 142 valence electrons. The van der Waals surface area contributed by atoms with E-state index in [0.29, 0.717) is 0 Å². The third-order valence-corrected chi connectivity index (χ3v) is 5.60. The number of benzene rings is 1. The van der Waals surface area contributed by atoms with E-state index in [-0.39, 0.29) is 0 Å². The van der Waals surface area contributed by atoms with Crippen LogP contribution in [-0.4, -0.2) is 0 Å². The zero-order valence-electron chi connectivity index (χ0n) is 16.0. The molecule has 2 nitrogen and oxygen atoms in total. The Kier molecular flexibility index (Phi) is 9.36. The molecule has 2 rings (SSSR count). The van der Waals surface area contributed by atoms with Crippen LogP contribution in [0.4, 0.5) is 4.39 Å². The summed E-state index contributed by atoms with van der Waals surface area (Å²) in [6.07, 6.45) is 17.3. The number of rotatable bonds is 9. The van der Waals surface area contributed by atoms with Crippen LogP contribution in [0.15, 0.2) is 48.3 Å². The first-order valence-corrected chi connectivity index (χ1v) is 10.1. The summed E-state index contributed by atoms with van der Waals surface area (Å²) in [6.45, 7) is 0.